The van der Waals surface area contributed by atoms with E-state index in [9.17, 15) is 14.4 Å². The van der Waals surface area contributed by atoms with Crippen LogP contribution in [0.4, 0.5) is 9.59 Å². The second-order valence-corrected chi connectivity index (χ2v) is 5.66. The van der Waals surface area contributed by atoms with Gasteiger partial charge in [0.25, 0.3) is 0 Å². The maximum absolute atomic E-state index is 11.7. The van der Waals surface area contributed by atoms with Crippen LogP contribution < -0.4 is 5.32 Å². The second-order valence-electron chi connectivity index (χ2n) is 5.66. The predicted molar refractivity (Wildman–Crippen MR) is 76.1 cm³/mol. The third kappa shape index (κ3) is 3.26. The number of likely N-dealkylation sites (tertiary alicyclic amines) is 1. The van der Waals surface area contributed by atoms with Gasteiger partial charge in [0.15, 0.2) is 18.1 Å². The van der Waals surface area contributed by atoms with Crippen molar-refractivity contribution in [3.63, 3.8) is 0 Å². The molecule has 1 saturated carbocycles. The van der Waals surface area contributed by atoms with Gasteiger partial charge in [0, 0.05) is 37.0 Å². The minimum absolute atomic E-state index is 0.0151. The summed E-state index contributed by atoms with van der Waals surface area (Å²) in [5.41, 5.74) is 0.0151. The van der Waals surface area contributed by atoms with Crippen molar-refractivity contribution in [2.45, 2.75) is 19.6 Å². The molecule has 2 unspecified atom stereocenters. The highest BCUT2D eigenvalue weighted by atomic mass is 16.6. The molecule has 0 bridgehead atoms. The van der Waals surface area contributed by atoms with Gasteiger partial charge in [0.05, 0.1) is 6.61 Å². The summed E-state index contributed by atoms with van der Waals surface area (Å²) in [5.74, 6) is -0.0873. The van der Waals surface area contributed by atoms with E-state index >= 15 is 0 Å². The molecule has 1 saturated heterocycles. The molecule has 0 aromatic carbocycles. The summed E-state index contributed by atoms with van der Waals surface area (Å²) >= 11 is 0. The topological polar surface area (TPSA) is 131 Å². The van der Waals surface area contributed by atoms with Crippen LogP contribution in [0.3, 0.4) is 0 Å². The summed E-state index contributed by atoms with van der Waals surface area (Å²) in [6.07, 6.45) is -1.56. The van der Waals surface area contributed by atoms with Gasteiger partial charge in [0.2, 0.25) is 0 Å². The van der Waals surface area contributed by atoms with E-state index in [2.05, 4.69) is 10.5 Å². The Morgan fingerprint density at radius 3 is 2.71 bits per heavy atom. The molecule has 1 aromatic rings. The largest absolute Gasteiger partial charge is 0.465 e. The number of rotatable bonds is 5. The molecule has 2 atom stereocenters. The zero-order valence-electron chi connectivity index (χ0n) is 12.9. The lowest BCUT2D eigenvalue weighted by Gasteiger charge is -2.16. The van der Waals surface area contributed by atoms with Crippen LogP contribution in [0.25, 0.3) is 0 Å². The first kappa shape index (κ1) is 16.1. The number of fused-ring (bicyclic) bond motifs is 1. The molecule has 130 valence electrons. The fraction of sp³-hybridized carbons (Fsp3) is 0.571. The Hall–Kier alpha value is -2.78. The fourth-order valence-corrected chi connectivity index (χ4v) is 2.89. The van der Waals surface area contributed by atoms with Crippen LogP contribution >= 0.6 is 0 Å². The monoisotopic (exact) mass is 339 g/mol. The molecule has 2 heterocycles. The van der Waals surface area contributed by atoms with Crippen LogP contribution in [0.2, 0.25) is 0 Å². The normalized spacial score (nSPS) is 24.2. The van der Waals surface area contributed by atoms with Crippen molar-refractivity contribution in [2.24, 2.45) is 11.8 Å². The Morgan fingerprint density at radius 1 is 1.38 bits per heavy atom. The van der Waals surface area contributed by atoms with E-state index in [1.54, 1.807) is 6.92 Å². The summed E-state index contributed by atoms with van der Waals surface area (Å²) in [5, 5.41) is 15.1. The van der Waals surface area contributed by atoms with Crippen LogP contribution in [0.5, 0.6) is 0 Å². The number of alkyl carbamates (subject to hydrolysis) is 1. The Balaban J connectivity index is 1.40. The molecular weight excluding hydrogens is 322 g/mol. The highest BCUT2D eigenvalue weighted by Crippen LogP contribution is 2.45. The highest BCUT2D eigenvalue weighted by molar-refractivity contribution is 5.87. The van der Waals surface area contributed by atoms with Crippen molar-refractivity contribution in [1.82, 2.24) is 15.4 Å². The molecule has 1 aliphatic carbocycles. The quantitative estimate of drug-likeness (QED) is 0.749. The number of hydrogen-bond acceptors (Lipinski definition) is 7. The Labute approximate surface area is 136 Å². The minimum Gasteiger partial charge on any atom is -0.465 e. The van der Waals surface area contributed by atoms with E-state index in [1.165, 1.54) is 11.0 Å². The zero-order chi connectivity index (χ0) is 17.3. The van der Waals surface area contributed by atoms with E-state index in [-0.39, 0.29) is 42.5 Å². The van der Waals surface area contributed by atoms with Crippen molar-refractivity contribution in [1.29, 1.82) is 0 Å². The van der Waals surface area contributed by atoms with Crippen LogP contribution in [-0.2, 0) is 16.1 Å². The summed E-state index contributed by atoms with van der Waals surface area (Å²) in [4.78, 5) is 35.3. The number of carboxylic acid groups (broad SMARTS) is 1. The first-order valence-corrected chi connectivity index (χ1v) is 7.53. The third-order valence-corrected chi connectivity index (χ3v) is 4.14. The molecule has 0 spiro atoms. The third-order valence-electron chi connectivity index (χ3n) is 4.14. The number of amides is 2. The standard InChI is InChI=1S/C14H17N3O7/c1-2-22-12(18)10-3-7(24-16-10)6-23-13(19)15-11-8-4-17(14(20)21)5-9(8)11/h3,8-9,11H,2,4-6H2,1H3,(H,15,19)(H,20,21). The maximum Gasteiger partial charge on any atom is 0.407 e. The predicted octanol–water partition coefficient (Wildman–Crippen LogP) is 0.686. The number of esters is 1. The molecular formula is C14H17N3O7. The number of piperidine rings is 1. The van der Waals surface area contributed by atoms with Crippen LogP contribution in [0.15, 0.2) is 10.6 Å². The van der Waals surface area contributed by atoms with E-state index in [4.69, 9.17) is 19.1 Å². The number of nitrogens with one attached hydrogen (secondary N) is 1. The molecule has 10 nitrogen and oxygen atoms in total. The second kappa shape index (κ2) is 6.38. The van der Waals surface area contributed by atoms with Gasteiger partial charge >= 0.3 is 18.2 Å². The van der Waals surface area contributed by atoms with Crippen LogP contribution in [0, 0.1) is 11.8 Å². The molecule has 2 aliphatic rings. The molecule has 10 heteroatoms. The Kier molecular flexibility index (Phi) is 4.28. The minimum atomic E-state index is -0.939. The summed E-state index contributed by atoms with van der Waals surface area (Å²) in [6.45, 7) is 2.59. The Morgan fingerprint density at radius 2 is 2.08 bits per heavy atom. The molecule has 1 aromatic heterocycles. The van der Waals surface area contributed by atoms with Crippen LogP contribution in [0.1, 0.15) is 23.2 Å². The molecule has 2 amide bonds. The van der Waals surface area contributed by atoms with Crippen LogP contribution in [-0.4, -0.2) is 59.1 Å². The highest BCUT2D eigenvalue weighted by Gasteiger charge is 2.57. The molecule has 3 rings (SSSR count). The first-order chi connectivity index (χ1) is 11.5. The zero-order valence-corrected chi connectivity index (χ0v) is 12.9. The number of carbonyl (C=O) groups is 3. The number of hydrogen-bond donors (Lipinski definition) is 2. The summed E-state index contributed by atoms with van der Waals surface area (Å²) in [7, 11) is 0. The summed E-state index contributed by atoms with van der Waals surface area (Å²) < 4.78 is 14.7. The SMILES string of the molecule is CCOC(=O)c1cc(COC(=O)NC2C3CN(C(=O)O)CC32)on1. The molecule has 0 radical (unpaired) electrons. The number of nitrogens with zero attached hydrogens (tertiary/aromatic N) is 2. The lowest BCUT2D eigenvalue weighted by Crippen LogP contribution is -2.36. The van der Waals surface area contributed by atoms with Gasteiger partial charge in [-0.3, -0.25) is 0 Å². The van der Waals surface area contributed by atoms with E-state index in [0.29, 0.717) is 13.1 Å². The van der Waals surface area contributed by atoms with Gasteiger partial charge in [-0.25, -0.2) is 14.4 Å². The van der Waals surface area contributed by atoms with Crippen molar-refractivity contribution in [2.75, 3.05) is 19.7 Å². The number of ether oxygens (including phenoxy) is 2. The lowest BCUT2D eigenvalue weighted by atomic mass is 10.4. The number of aromatic nitrogens is 1. The van der Waals surface area contributed by atoms with Crippen molar-refractivity contribution < 1.29 is 33.5 Å². The van der Waals surface area contributed by atoms with E-state index < -0.39 is 18.2 Å². The average molecular weight is 339 g/mol. The van der Waals surface area contributed by atoms with Gasteiger partial charge in [-0.15, -0.1) is 0 Å². The molecule has 1 aliphatic heterocycles. The Bertz CT molecular complexity index is 647. The smallest absolute Gasteiger partial charge is 0.407 e. The maximum atomic E-state index is 11.7. The number of carbonyl (C=O) groups excluding carboxylic acids is 2. The van der Waals surface area contributed by atoms with Crippen molar-refractivity contribution in [3.05, 3.63) is 17.5 Å². The first-order valence-electron chi connectivity index (χ1n) is 7.53. The van der Waals surface area contributed by atoms with Gasteiger partial charge in [0.1, 0.15) is 0 Å². The molecule has 2 fully saturated rings. The summed E-state index contributed by atoms with van der Waals surface area (Å²) in [6, 6.07) is 1.29. The molecule has 24 heavy (non-hydrogen) atoms. The van der Waals surface area contributed by atoms with Gasteiger partial charge < -0.3 is 29.3 Å². The van der Waals surface area contributed by atoms with Gasteiger partial charge in [-0.05, 0) is 6.92 Å². The van der Waals surface area contributed by atoms with Crippen molar-refractivity contribution >= 4 is 18.2 Å². The van der Waals surface area contributed by atoms with E-state index in [0.717, 1.165) is 0 Å². The van der Waals surface area contributed by atoms with Gasteiger partial charge in [-0.2, -0.15) is 0 Å². The van der Waals surface area contributed by atoms with Gasteiger partial charge in [-0.1, -0.05) is 5.16 Å². The fourth-order valence-electron chi connectivity index (χ4n) is 2.89. The average Bonchev–Trinajstić information content (AvgIpc) is 2.98. The molecule has 2 N–H and O–H groups in total. The lowest BCUT2D eigenvalue weighted by molar-refractivity contribution is 0.0514. The van der Waals surface area contributed by atoms with Crippen molar-refractivity contribution in [3.8, 4) is 0 Å². The van der Waals surface area contributed by atoms with E-state index in [1.807, 2.05) is 0 Å².